The van der Waals surface area contributed by atoms with Gasteiger partial charge in [0.25, 0.3) is 0 Å². The fraction of sp³-hybridized carbons (Fsp3) is 0.250. The third kappa shape index (κ3) is 2.69. The molecule has 1 aromatic carbocycles. The van der Waals surface area contributed by atoms with Crippen molar-refractivity contribution >= 4 is 5.82 Å². The highest BCUT2D eigenvalue weighted by molar-refractivity contribution is 5.40. The number of nitrogens with one attached hydrogen (secondary N) is 2. The fourth-order valence-electron chi connectivity index (χ4n) is 1.56. The maximum Gasteiger partial charge on any atom is 0.363 e. The second kappa shape index (κ2) is 4.78. The van der Waals surface area contributed by atoms with Crippen LogP contribution in [-0.4, -0.2) is 15.2 Å². The van der Waals surface area contributed by atoms with Gasteiger partial charge in [0, 0.05) is 0 Å². The Balaban J connectivity index is 2.21. The molecular formula is C12H14N4O. The minimum Gasteiger partial charge on any atom is -0.362 e. The molecular weight excluding hydrogens is 216 g/mol. The lowest BCUT2D eigenvalue weighted by Crippen LogP contribution is -2.18. The van der Waals surface area contributed by atoms with Crippen molar-refractivity contribution in [1.29, 1.82) is 0 Å². The maximum absolute atomic E-state index is 11.1. The number of hydrogen-bond acceptors (Lipinski definition) is 4. The molecule has 0 saturated heterocycles. The van der Waals surface area contributed by atoms with Gasteiger partial charge in [-0.25, -0.2) is 9.89 Å². The van der Waals surface area contributed by atoms with E-state index in [0.717, 1.165) is 5.56 Å². The maximum atomic E-state index is 11.1. The first-order valence-corrected chi connectivity index (χ1v) is 5.41. The Bertz CT molecular complexity index is 550. The average molecular weight is 230 g/mol. The van der Waals surface area contributed by atoms with Gasteiger partial charge in [0.05, 0.1) is 6.04 Å². The van der Waals surface area contributed by atoms with E-state index < -0.39 is 5.69 Å². The van der Waals surface area contributed by atoms with Crippen LogP contribution in [0.1, 0.15) is 24.2 Å². The van der Waals surface area contributed by atoms with Gasteiger partial charge in [-0.15, -0.1) is 0 Å². The molecule has 1 atom stereocenters. The number of aromatic nitrogens is 3. The van der Waals surface area contributed by atoms with Crippen LogP contribution in [0.2, 0.25) is 0 Å². The van der Waals surface area contributed by atoms with Crippen molar-refractivity contribution in [3.63, 3.8) is 0 Å². The lowest BCUT2D eigenvalue weighted by Gasteiger charge is -2.15. The minimum atomic E-state index is -0.446. The zero-order chi connectivity index (χ0) is 12.3. The molecule has 0 aliphatic carbocycles. The third-order valence-electron chi connectivity index (χ3n) is 2.53. The fourth-order valence-corrected chi connectivity index (χ4v) is 1.56. The summed E-state index contributed by atoms with van der Waals surface area (Å²) >= 11 is 0. The van der Waals surface area contributed by atoms with Crippen molar-refractivity contribution in [2.24, 2.45) is 0 Å². The number of H-pyrrole nitrogens is 1. The Morgan fingerprint density at radius 3 is 2.71 bits per heavy atom. The summed E-state index contributed by atoms with van der Waals surface area (Å²) < 4.78 is 0. The van der Waals surface area contributed by atoms with Gasteiger partial charge in [-0.3, -0.25) is 0 Å². The highest BCUT2D eigenvalue weighted by atomic mass is 16.1. The molecule has 2 aromatic rings. The van der Waals surface area contributed by atoms with E-state index in [9.17, 15) is 4.79 Å². The van der Waals surface area contributed by atoms with Crippen molar-refractivity contribution in [1.82, 2.24) is 15.2 Å². The molecule has 0 saturated carbocycles. The second-order valence-corrected chi connectivity index (χ2v) is 3.85. The number of aryl methyl sites for hydroxylation is 1. The topological polar surface area (TPSA) is 70.7 Å². The largest absolute Gasteiger partial charge is 0.363 e. The molecule has 0 aliphatic rings. The van der Waals surface area contributed by atoms with Gasteiger partial charge in [0.15, 0.2) is 5.82 Å². The van der Waals surface area contributed by atoms with Gasteiger partial charge < -0.3 is 5.32 Å². The van der Waals surface area contributed by atoms with Crippen LogP contribution in [0.25, 0.3) is 0 Å². The third-order valence-corrected chi connectivity index (χ3v) is 2.53. The van der Waals surface area contributed by atoms with Crippen LogP contribution >= 0.6 is 0 Å². The van der Waals surface area contributed by atoms with Crippen molar-refractivity contribution in [2.75, 3.05) is 5.32 Å². The Morgan fingerprint density at radius 1 is 1.29 bits per heavy atom. The highest BCUT2D eigenvalue weighted by Crippen LogP contribution is 2.17. The first-order chi connectivity index (χ1) is 8.16. The monoisotopic (exact) mass is 230 g/mol. The summed E-state index contributed by atoms with van der Waals surface area (Å²) in [6, 6.07) is 10.0. The van der Waals surface area contributed by atoms with E-state index in [4.69, 9.17) is 0 Å². The number of anilines is 1. The van der Waals surface area contributed by atoms with Crippen molar-refractivity contribution < 1.29 is 0 Å². The molecule has 0 amide bonds. The molecule has 0 spiro atoms. The Labute approximate surface area is 98.9 Å². The number of nitrogens with zero attached hydrogens (tertiary/aromatic N) is 2. The van der Waals surface area contributed by atoms with E-state index in [1.54, 1.807) is 6.92 Å². The van der Waals surface area contributed by atoms with Gasteiger partial charge in [-0.1, -0.05) is 30.3 Å². The highest BCUT2D eigenvalue weighted by Gasteiger charge is 2.08. The molecule has 17 heavy (non-hydrogen) atoms. The van der Waals surface area contributed by atoms with Crippen molar-refractivity contribution in [2.45, 2.75) is 19.9 Å². The molecule has 0 aliphatic heterocycles. The molecule has 2 N–H and O–H groups in total. The van der Waals surface area contributed by atoms with E-state index in [1.807, 2.05) is 37.3 Å². The summed E-state index contributed by atoms with van der Waals surface area (Å²) in [7, 11) is 0. The molecule has 1 heterocycles. The molecule has 1 unspecified atom stereocenters. The smallest absolute Gasteiger partial charge is 0.362 e. The standard InChI is InChI=1S/C12H14N4O/c1-8(10-6-4-3-5-7-10)13-11-9(2)15-16-12(17)14-11/h3-8H,1-2H3,(H2,13,14,16,17). The van der Waals surface area contributed by atoms with Crippen molar-refractivity contribution in [3.05, 3.63) is 52.1 Å². The average Bonchev–Trinajstić information content (AvgIpc) is 2.35. The van der Waals surface area contributed by atoms with Crippen LogP contribution in [0.15, 0.2) is 35.1 Å². The lowest BCUT2D eigenvalue weighted by molar-refractivity contribution is 0.828. The van der Waals surface area contributed by atoms with Crippen LogP contribution < -0.4 is 11.0 Å². The van der Waals surface area contributed by atoms with E-state index in [0.29, 0.717) is 11.5 Å². The normalized spacial score (nSPS) is 12.1. The molecule has 5 nitrogen and oxygen atoms in total. The van der Waals surface area contributed by atoms with E-state index >= 15 is 0 Å². The zero-order valence-corrected chi connectivity index (χ0v) is 9.77. The summed E-state index contributed by atoms with van der Waals surface area (Å²) in [5, 5.41) is 9.33. The molecule has 1 aromatic heterocycles. The Morgan fingerprint density at radius 2 is 2.00 bits per heavy atom. The number of benzene rings is 1. The van der Waals surface area contributed by atoms with Crippen LogP contribution in [0.5, 0.6) is 0 Å². The number of aromatic amines is 1. The number of hydrogen-bond donors (Lipinski definition) is 2. The molecule has 0 bridgehead atoms. The number of rotatable bonds is 3. The van der Waals surface area contributed by atoms with E-state index in [2.05, 4.69) is 20.5 Å². The van der Waals surface area contributed by atoms with E-state index in [-0.39, 0.29) is 6.04 Å². The summed E-state index contributed by atoms with van der Waals surface area (Å²) in [5.74, 6) is 0.519. The van der Waals surface area contributed by atoms with Gasteiger partial charge >= 0.3 is 5.69 Å². The summed E-state index contributed by atoms with van der Waals surface area (Å²) in [6.07, 6.45) is 0. The van der Waals surface area contributed by atoms with Gasteiger partial charge in [0.2, 0.25) is 0 Å². The molecule has 88 valence electrons. The predicted molar refractivity (Wildman–Crippen MR) is 65.9 cm³/mol. The molecule has 2 rings (SSSR count). The summed E-state index contributed by atoms with van der Waals surface area (Å²) in [5.41, 5.74) is 1.36. The minimum absolute atomic E-state index is 0.0750. The first-order valence-electron chi connectivity index (χ1n) is 5.41. The predicted octanol–water partition coefficient (Wildman–Crippen LogP) is 1.65. The van der Waals surface area contributed by atoms with Crippen molar-refractivity contribution in [3.8, 4) is 0 Å². The van der Waals surface area contributed by atoms with Gasteiger partial charge in [0.1, 0.15) is 5.69 Å². The SMILES string of the molecule is Cc1n[nH]c(=O)nc1NC(C)c1ccccc1. The Hall–Kier alpha value is -2.17. The first kappa shape index (κ1) is 11.3. The van der Waals surface area contributed by atoms with Crippen LogP contribution in [0.3, 0.4) is 0 Å². The van der Waals surface area contributed by atoms with Gasteiger partial charge in [-0.2, -0.15) is 10.1 Å². The summed E-state index contributed by atoms with van der Waals surface area (Å²) in [4.78, 5) is 14.9. The molecule has 0 radical (unpaired) electrons. The van der Waals surface area contributed by atoms with Crippen LogP contribution in [0, 0.1) is 6.92 Å². The second-order valence-electron chi connectivity index (χ2n) is 3.85. The van der Waals surface area contributed by atoms with E-state index in [1.165, 1.54) is 0 Å². The van der Waals surface area contributed by atoms with Gasteiger partial charge in [-0.05, 0) is 19.4 Å². The van der Waals surface area contributed by atoms with Crippen LogP contribution in [-0.2, 0) is 0 Å². The quantitative estimate of drug-likeness (QED) is 0.841. The Kier molecular flexibility index (Phi) is 3.18. The lowest BCUT2D eigenvalue weighted by atomic mass is 10.1. The molecule has 5 heteroatoms. The summed E-state index contributed by atoms with van der Waals surface area (Å²) in [6.45, 7) is 3.81. The van der Waals surface area contributed by atoms with Crippen LogP contribution in [0.4, 0.5) is 5.82 Å². The molecule has 0 fully saturated rings. The zero-order valence-electron chi connectivity index (χ0n) is 9.77.